The Hall–Kier alpha value is -4.02. The summed E-state index contributed by atoms with van der Waals surface area (Å²) in [4.78, 5) is 16.9. The van der Waals surface area contributed by atoms with Crippen LogP contribution in [0.25, 0.3) is 10.8 Å². The molecule has 1 aliphatic rings. The maximum Gasteiger partial charge on any atom is 0.411 e. The first-order valence-electron chi connectivity index (χ1n) is 12.4. The summed E-state index contributed by atoms with van der Waals surface area (Å²) in [5.41, 5.74) is 2.92. The summed E-state index contributed by atoms with van der Waals surface area (Å²) < 4.78 is 12.8. The zero-order chi connectivity index (χ0) is 25.6. The molecule has 1 atom stereocenters. The van der Waals surface area contributed by atoms with Crippen LogP contribution in [-0.4, -0.2) is 78.2 Å². The quantitative estimate of drug-likeness (QED) is 0.391. The minimum absolute atomic E-state index is 0.129. The minimum Gasteiger partial charge on any atom is -0.447 e. The first kappa shape index (κ1) is 24.7. The number of benzene rings is 3. The molecule has 2 heterocycles. The number of nitrogens with zero attached hydrogens (tertiary/aromatic N) is 6. The Labute approximate surface area is 215 Å². The predicted octanol–water partition coefficient (Wildman–Crippen LogP) is 3.56. The first-order valence-corrected chi connectivity index (χ1v) is 12.4. The Balaban J connectivity index is 1.28. The van der Waals surface area contributed by atoms with Gasteiger partial charge in [0.25, 0.3) is 0 Å². The molecule has 0 spiro atoms. The standard InChI is InChI=1S/C27H31N7O3/c1-32(2)22-12-10-21(11-13-22)25(33-14-17-36-18-15-33)26-29-30-31-34(26)16-19-37-27(35)28-24-9-5-7-20-6-3-4-8-23(20)24/h3-13,25H,14-19H2,1-2H3,(H,28,35). The number of hydrogen-bond donors (Lipinski definition) is 1. The topological polar surface area (TPSA) is 97.6 Å². The van der Waals surface area contributed by atoms with Crippen LogP contribution in [0.2, 0.25) is 0 Å². The molecule has 1 unspecified atom stereocenters. The smallest absolute Gasteiger partial charge is 0.411 e. The van der Waals surface area contributed by atoms with Crippen LogP contribution in [0, 0.1) is 0 Å². The number of tetrazole rings is 1. The number of carbonyl (C=O) groups excluding carboxylic acids is 1. The van der Waals surface area contributed by atoms with Crippen molar-refractivity contribution in [3.63, 3.8) is 0 Å². The van der Waals surface area contributed by atoms with Crippen molar-refractivity contribution < 1.29 is 14.3 Å². The van der Waals surface area contributed by atoms with Gasteiger partial charge in [-0.25, -0.2) is 9.48 Å². The number of fused-ring (bicyclic) bond motifs is 1. The molecule has 10 heteroatoms. The Morgan fingerprint density at radius 1 is 1.05 bits per heavy atom. The van der Waals surface area contributed by atoms with E-state index in [-0.39, 0.29) is 12.6 Å². The molecule has 1 aliphatic heterocycles. The average molecular weight is 502 g/mol. The molecule has 0 saturated carbocycles. The van der Waals surface area contributed by atoms with E-state index in [2.05, 4.69) is 54.9 Å². The molecule has 10 nitrogen and oxygen atoms in total. The van der Waals surface area contributed by atoms with Gasteiger partial charge < -0.3 is 14.4 Å². The fourth-order valence-corrected chi connectivity index (χ4v) is 4.59. The molecule has 1 fully saturated rings. The van der Waals surface area contributed by atoms with Crippen molar-refractivity contribution in [1.29, 1.82) is 0 Å². The number of nitrogens with one attached hydrogen (secondary N) is 1. The molecule has 1 amide bonds. The van der Waals surface area contributed by atoms with E-state index in [4.69, 9.17) is 9.47 Å². The van der Waals surface area contributed by atoms with Crippen molar-refractivity contribution in [2.45, 2.75) is 12.6 Å². The third-order valence-corrected chi connectivity index (χ3v) is 6.50. The third-order valence-electron chi connectivity index (χ3n) is 6.50. The van der Waals surface area contributed by atoms with Crippen molar-refractivity contribution in [3.8, 4) is 0 Å². The lowest BCUT2D eigenvalue weighted by Gasteiger charge is -2.34. The van der Waals surface area contributed by atoms with Crippen LogP contribution in [0.5, 0.6) is 0 Å². The maximum absolute atomic E-state index is 12.5. The molecule has 0 aliphatic carbocycles. The molecular weight excluding hydrogens is 470 g/mol. The van der Waals surface area contributed by atoms with E-state index in [1.165, 1.54) is 0 Å². The van der Waals surface area contributed by atoms with Crippen LogP contribution >= 0.6 is 0 Å². The Morgan fingerprint density at radius 3 is 2.59 bits per heavy atom. The van der Waals surface area contributed by atoms with E-state index >= 15 is 0 Å². The molecular formula is C27H31N7O3. The summed E-state index contributed by atoms with van der Waals surface area (Å²) in [5, 5.41) is 17.4. The van der Waals surface area contributed by atoms with E-state index in [1.807, 2.05) is 56.6 Å². The van der Waals surface area contributed by atoms with Gasteiger partial charge in [-0.15, -0.1) is 5.10 Å². The fraction of sp³-hybridized carbons (Fsp3) is 0.333. The summed E-state index contributed by atoms with van der Waals surface area (Å²) >= 11 is 0. The fourth-order valence-electron chi connectivity index (χ4n) is 4.59. The van der Waals surface area contributed by atoms with Gasteiger partial charge in [0.05, 0.1) is 31.5 Å². The monoisotopic (exact) mass is 501 g/mol. The number of aromatic nitrogens is 4. The summed E-state index contributed by atoms with van der Waals surface area (Å²) in [7, 11) is 4.04. The summed E-state index contributed by atoms with van der Waals surface area (Å²) in [6.45, 7) is 3.33. The largest absolute Gasteiger partial charge is 0.447 e. The van der Waals surface area contributed by atoms with Gasteiger partial charge in [-0.2, -0.15) is 0 Å². The van der Waals surface area contributed by atoms with E-state index < -0.39 is 6.09 Å². The predicted molar refractivity (Wildman–Crippen MR) is 142 cm³/mol. The second-order valence-electron chi connectivity index (χ2n) is 9.08. The maximum atomic E-state index is 12.5. The number of ether oxygens (including phenoxy) is 2. The molecule has 3 aromatic carbocycles. The number of hydrogen-bond acceptors (Lipinski definition) is 8. The number of morpholine rings is 1. The van der Waals surface area contributed by atoms with Gasteiger partial charge in [-0.1, -0.05) is 48.5 Å². The molecule has 0 bridgehead atoms. The van der Waals surface area contributed by atoms with Crippen molar-refractivity contribution in [1.82, 2.24) is 25.1 Å². The zero-order valence-corrected chi connectivity index (χ0v) is 21.1. The highest BCUT2D eigenvalue weighted by Gasteiger charge is 2.29. The number of carbonyl (C=O) groups is 1. The van der Waals surface area contributed by atoms with Crippen molar-refractivity contribution in [2.75, 3.05) is 57.2 Å². The highest BCUT2D eigenvalue weighted by atomic mass is 16.5. The normalized spacial score (nSPS) is 14.9. The Bertz CT molecular complexity index is 1330. The van der Waals surface area contributed by atoms with Gasteiger partial charge in [0.15, 0.2) is 5.82 Å². The third kappa shape index (κ3) is 5.71. The van der Waals surface area contributed by atoms with Crippen molar-refractivity contribution in [3.05, 3.63) is 78.1 Å². The molecule has 192 valence electrons. The van der Waals surface area contributed by atoms with E-state index in [1.54, 1.807) is 4.68 Å². The average Bonchev–Trinajstić information content (AvgIpc) is 3.38. The number of rotatable bonds is 8. The van der Waals surface area contributed by atoms with Crippen LogP contribution in [0.1, 0.15) is 17.4 Å². The molecule has 37 heavy (non-hydrogen) atoms. The van der Waals surface area contributed by atoms with Gasteiger partial charge in [0.2, 0.25) is 0 Å². The van der Waals surface area contributed by atoms with E-state index in [0.717, 1.165) is 35.1 Å². The number of anilines is 2. The van der Waals surface area contributed by atoms with Gasteiger partial charge in [0, 0.05) is 38.3 Å². The van der Waals surface area contributed by atoms with Gasteiger partial charge in [0.1, 0.15) is 6.61 Å². The van der Waals surface area contributed by atoms with Gasteiger partial charge >= 0.3 is 6.09 Å². The minimum atomic E-state index is -0.519. The lowest BCUT2D eigenvalue weighted by molar-refractivity contribution is 0.0214. The molecule has 0 radical (unpaired) electrons. The highest BCUT2D eigenvalue weighted by Crippen LogP contribution is 2.29. The SMILES string of the molecule is CN(C)c1ccc(C(c2nnnn2CCOC(=O)Nc2cccc3ccccc23)N2CCOCC2)cc1. The molecule has 1 saturated heterocycles. The van der Waals surface area contributed by atoms with Gasteiger partial charge in [-0.3, -0.25) is 10.2 Å². The molecule has 1 N–H and O–H groups in total. The van der Waals surface area contributed by atoms with E-state index in [0.29, 0.717) is 31.3 Å². The van der Waals surface area contributed by atoms with Crippen LogP contribution in [0.4, 0.5) is 16.2 Å². The van der Waals surface area contributed by atoms with Crippen LogP contribution in [0.3, 0.4) is 0 Å². The summed E-state index contributed by atoms with van der Waals surface area (Å²) in [5.74, 6) is 0.706. The molecule has 5 rings (SSSR count). The summed E-state index contributed by atoms with van der Waals surface area (Å²) in [6, 6.07) is 21.9. The Kier molecular flexibility index (Phi) is 7.57. The van der Waals surface area contributed by atoms with Gasteiger partial charge in [-0.05, 0) is 39.6 Å². The first-order chi connectivity index (χ1) is 18.1. The van der Waals surface area contributed by atoms with Crippen molar-refractivity contribution >= 4 is 28.2 Å². The second kappa shape index (κ2) is 11.4. The Morgan fingerprint density at radius 2 is 1.81 bits per heavy atom. The summed E-state index contributed by atoms with van der Waals surface area (Å²) in [6.07, 6.45) is -0.519. The van der Waals surface area contributed by atoms with E-state index in [9.17, 15) is 4.79 Å². The van der Waals surface area contributed by atoms with Crippen molar-refractivity contribution in [2.24, 2.45) is 0 Å². The highest BCUT2D eigenvalue weighted by molar-refractivity contribution is 6.00. The molecule has 4 aromatic rings. The van der Waals surface area contributed by atoms with Crippen LogP contribution in [0.15, 0.2) is 66.7 Å². The second-order valence-corrected chi connectivity index (χ2v) is 9.08. The zero-order valence-electron chi connectivity index (χ0n) is 21.1. The lowest BCUT2D eigenvalue weighted by atomic mass is 10.0. The van der Waals surface area contributed by atoms with Crippen LogP contribution in [-0.2, 0) is 16.0 Å². The lowest BCUT2D eigenvalue weighted by Crippen LogP contribution is -2.40. The number of amides is 1. The van der Waals surface area contributed by atoms with Crippen LogP contribution < -0.4 is 10.2 Å². The molecule has 1 aromatic heterocycles.